The smallest absolute Gasteiger partial charge is 0.216 e. The van der Waals surface area contributed by atoms with Crippen LogP contribution in [0.15, 0.2) is 12.3 Å². The minimum atomic E-state index is 0.315. The van der Waals surface area contributed by atoms with Gasteiger partial charge in [-0.3, -0.25) is 0 Å². The van der Waals surface area contributed by atoms with Crippen LogP contribution >= 0.6 is 0 Å². The fraction of sp³-hybridized carbons (Fsp3) is 0.636. The van der Waals surface area contributed by atoms with E-state index in [1.165, 1.54) is 0 Å². The number of aromatic nitrogens is 2. The average molecular weight is 207 g/mol. The minimum absolute atomic E-state index is 0.315. The molecule has 0 aromatic carbocycles. The van der Waals surface area contributed by atoms with E-state index in [2.05, 4.69) is 21.9 Å². The van der Waals surface area contributed by atoms with Crippen molar-refractivity contribution in [1.29, 1.82) is 0 Å². The third kappa shape index (κ3) is 2.89. The summed E-state index contributed by atoms with van der Waals surface area (Å²) in [4.78, 5) is 10.6. The summed E-state index contributed by atoms with van der Waals surface area (Å²) < 4.78 is 5.81. The van der Waals surface area contributed by atoms with Crippen LogP contribution in [0.2, 0.25) is 0 Å². The van der Waals surface area contributed by atoms with Crippen molar-refractivity contribution >= 4 is 0 Å². The van der Waals surface area contributed by atoms with Gasteiger partial charge in [-0.2, -0.15) is 4.98 Å². The minimum Gasteiger partial charge on any atom is -0.474 e. The number of hydrogen-bond acceptors (Lipinski definition) is 4. The van der Waals surface area contributed by atoms with Crippen molar-refractivity contribution in [3.63, 3.8) is 0 Å². The Balaban J connectivity index is 1.92. The van der Waals surface area contributed by atoms with Gasteiger partial charge in [-0.25, -0.2) is 4.98 Å². The van der Waals surface area contributed by atoms with Crippen LogP contribution < -0.4 is 4.74 Å². The molecule has 0 amide bonds. The van der Waals surface area contributed by atoms with Gasteiger partial charge in [0.2, 0.25) is 5.88 Å². The van der Waals surface area contributed by atoms with E-state index in [1.54, 1.807) is 6.20 Å². The van der Waals surface area contributed by atoms with E-state index in [-0.39, 0.29) is 0 Å². The summed E-state index contributed by atoms with van der Waals surface area (Å²) in [5, 5.41) is 0. The summed E-state index contributed by atoms with van der Waals surface area (Å²) in [5.41, 5.74) is 0. The van der Waals surface area contributed by atoms with Crippen molar-refractivity contribution in [1.82, 2.24) is 14.9 Å². The Kier molecular flexibility index (Phi) is 3.16. The molecule has 15 heavy (non-hydrogen) atoms. The van der Waals surface area contributed by atoms with E-state index in [4.69, 9.17) is 4.74 Å². The number of hydrogen-bond donors (Lipinski definition) is 0. The maximum Gasteiger partial charge on any atom is 0.216 e. The molecular formula is C11H17N3O. The van der Waals surface area contributed by atoms with Gasteiger partial charge in [0.1, 0.15) is 11.9 Å². The third-order valence-electron chi connectivity index (χ3n) is 2.70. The van der Waals surface area contributed by atoms with Crippen LogP contribution in [-0.2, 0) is 0 Å². The highest BCUT2D eigenvalue weighted by atomic mass is 16.5. The summed E-state index contributed by atoms with van der Waals surface area (Å²) in [7, 11) is 2.14. The second-order valence-electron chi connectivity index (χ2n) is 4.06. The van der Waals surface area contributed by atoms with Crippen LogP contribution in [0.25, 0.3) is 0 Å². The van der Waals surface area contributed by atoms with Gasteiger partial charge in [-0.15, -0.1) is 0 Å². The molecule has 1 saturated heterocycles. The summed E-state index contributed by atoms with van der Waals surface area (Å²) in [5.74, 6) is 1.47. The maximum absolute atomic E-state index is 5.81. The molecule has 0 radical (unpaired) electrons. The Bertz CT molecular complexity index is 321. The Morgan fingerprint density at radius 1 is 1.40 bits per heavy atom. The highest BCUT2D eigenvalue weighted by Gasteiger charge is 2.18. The molecule has 82 valence electrons. The zero-order valence-electron chi connectivity index (χ0n) is 9.31. The van der Waals surface area contributed by atoms with Crippen LogP contribution in [-0.4, -0.2) is 41.1 Å². The van der Waals surface area contributed by atoms with E-state index in [0.717, 1.165) is 31.8 Å². The second kappa shape index (κ2) is 4.57. The first kappa shape index (κ1) is 10.4. The lowest BCUT2D eigenvalue weighted by molar-refractivity contribution is 0.109. The van der Waals surface area contributed by atoms with Crippen molar-refractivity contribution in [3.05, 3.63) is 18.1 Å². The molecule has 0 aliphatic carbocycles. The summed E-state index contributed by atoms with van der Waals surface area (Å²) in [6, 6.07) is 1.82. The van der Waals surface area contributed by atoms with Crippen molar-refractivity contribution in [3.8, 4) is 5.88 Å². The number of nitrogens with zero attached hydrogens (tertiary/aromatic N) is 3. The summed E-state index contributed by atoms with van der Waals surface area (Å²) >= 11 is 0. The average Bonchev–Trinajstić information content (AvgIpc) is 2.22. The number of piperidine rings is 1. The SMILES string of the molecule is Cc1nccc(OC2CCN(C)CC2)n1. The first-order valence-corrected chi connectivity index (χ1v) is 5.39. The van der Waals surface area contributed by atoms with E-state index in [0.29, 0.717) is 12.0 Å². The van der Waals surface area contributed by atoms with Crippen molar-refractivity contribution < 1.29 is 4.74 Å². The fourth-order valence-corrected chi connectivity index (χ4v) is 1.77. The molecule has 0 N–H and O–H groups in total. The third-order valence-corrected chi connectivity index (χ3v) is 2.70. The molecule has 0 saturated carbocycles. The van der Waals surface area contributed by atoms with E-state index >= 15 is 0 Å². The zero-order valence-corrected chi connectivity index (χ0v) is 9.31. The molecular weight excluding hydrogens is 190 g/mol. The molecule has 0 unspecified atom stereocenters. The van der Waals surface area contributed by atoms with Crippen molar-refractivity contribution in [2.24, 2.45) is 0 Å². The Hall–Kier alpha value is -1.16. The van der Waals surface area contributed by atoms with Crippen molar-refractivity contribution in [2.75, 3.05) is 20.1 Å². The van der Waals surface area contributed by atoms with Gasteiger partial charge in [0, 0.05) is 25.4 Å². The van der Waals surface area contributed by atoms with Crippen LogP contribution in [0.3, 0.4) is 0 Å². The standard InChI is InChI=1S/C11H17N3O/c1-9-12-6-3-11(13-9)15-10-4-7-14(2)8-5-10/h3,6,10H,4-5,7-8H2,1-2H3. The highest BCUT2D eigenvalue weighted by Crippen LogP contribution is 2.15. The molecule has 1 aromatic rings. The first-order chi connectivity index (χ1) is 7.24. The van der Waals surface area contributed by atoms with Crippen LogP contribution in [0.1, 0.15) is 18.7 Å². The topological polar surface area (TPSA) is 38.2 Å². The number of rotatable bonds is 2. The molecule has 2 rings (SSSR count). The maximum atomic E-state index is 5.81. The zero-order chi connectivity index (χ0) is 10.7. The first-order valence-electron chi connectivity index (χ1n) is 5.39. The molecule has 0 atom stereocenters. The van der Waals surface area contributed by atoms with Crippen molar-refractivity contribution in [2.45, 2.75) is 25.9 Å². The lowest BCUT2D eigenvalue weighted by atomic mass is 10.1. The van der Waals surface area contributed by atoms with Gasteiger partial charge in [0.15, 0.2) is 0 Å². The Labute approximate surface area is 90.3 Å². The van der Waals surface area contributed by atoms with Crippen LogP contribution in [0.5, 0.6) is 5.88 Å². The van der Waals surface area contributed by atoms with E-state index in [9.17, 15) is 0 Å². The normalized spacial score (nSPS) is 19.1. The van der Waals surface area contributed by atoms with Gasteiger partial charge in [-0.1, -0.05) is 0 Å². The predicted molar refractivity (Wildman–Crippen MR) is 57.9 cm³/mol. The quantitative estimate of drug-likeness (QED) is 0.731. The molecule has 2 heterocycles. The van der Waals surface area contributed by atoms with E-state index < -0.39 is 0 Å². The second-order valence-corrected chi connectivity index (χ2v) is 4.06. The Morgan fingerprint density at radius 3 is 2.80 bits per heavy atom. The highest BCUT2D eigenvalue weighted by molar-refractivity contribution is 5.08. The molecule has 1 aromatic heterocycles. The summed E-state index contributed by atoms with van der Waals surface area (Å²) in [6.45, 7) is 4.09. The van der Waals surface area contributed by atoms with Gasteiger partial charge in [0.25, 0.3) is 0 Å². The van der Waals surface area contributed by atoms with Crippen LogP contribution in [0, 0.1) is 6.92 Å². The number of ether oxygens (including phenoxy) is 1. The Morgan fingerprint density at radius 2 is 2.13 bits per heavy atom. The van der Waals surface area contributed by atoms with Gasteiger partial charge in [-0.05, 0) is 26.8 Å². The molecule has 1 aliphatic heterocycles. The molecule has 0 spiro atoms. The molecule has 1 fully saturated rings. The van der Waals surface area contributed by atoms with E-state index in [1.807, 2.05) is 13.0 Å². The lowest BCUT2D eigenvalue weighted by Gasteiger charge is -2.28. The molecule has 1 aliphatic rings. The van der Waals surface area contributed by atoms with Gasteiger partial charge in [0.05, 0.1) is 0 Å². The van der Waals surface area contributed by atoms with Crippen LogP contribution in [0.4, 0.5) is 0 Å². The van der Waals surface area contributed by atoms with Gasteiger partial charge < -0.3 is 9.64 Å². The molecule has 0 bridgehead atoms. The van der Waals surface area contributed by atoms with Gasteiger partial charge >= 0.3 is 0 Å². The monoisotopic (exact) mass is 207 g/mol. The lowest BCUT2D eigenvalue weighted by Crippen LogP contribution is -2.35. The predicted octanol–water partition coefficient (Wildman–Crippen LogP) is 1.26. The number of likely N-dealkylation sites (tertiary alicyclic amines) is 1. The number of aryl methyl sites for hydroxylation is 1. The molecule has 4 nitrogen and oxygen atoms in total. The fourth-order valence-electron chi connectivity index (χ4n) is 1.77. The summed E-state index contributed by atoms with van der Waals surface area (Å²) in [6.07, 6.45) is 4.22. The largest absolute Gasteiger partial charge is 0.474 e. The molecule has 4 heteroatoms.